The number of benzene rings is 1. The second kappa shape index (κ2) is 5.77. The van der Waals surface area contributed by atoms with Crippen LogP contribution in [0.4, 0.5) is 19.1 Å². The molecule has 8 heteroatoms. The van der Waals surface area contributed by atoms with Gasteiger partial charge in [-0.15, -0.1) is 11.3 Å². The Morgan fingerprint density at radius 1 is 1.21 bits per heavy atom. The van der Waals surface area contributed by atoms with Gasteiger partial charge in [-0.1, -0.05) is 12.1 Å². The molecular formula is C16H15F3N4S. The lowest BCUT2D eigenvalue weighted by Crippen LogP contribution is -2.35. The molecule has 0 radical (unpaired) electrons. The molecule has 0 saturated carbocycles. The minimum absolute atomic E-state index is 0.00747. The summed E-state index contributed by atoms with van der Waals surface area (Å²) in [5, 5.41) is 1.67. The molecule has 1 N–H and O–H groups in total. The highest BCUT2D eigenvalue weighted by molar-refractivity contribution is 7.09. The molecule has 0 bridgehead atoms. The number of aromatic nitrogens is 3. The Bertz CT molecular complexity index is 821. The lowest BCUT2D eigenvalue weighted by Gasteiger charge is -2.31. The van der Waals surface area contributed by atoms with Crippen molar-refractivity contribution in [3.8, 4) is 0 Å². The van der Waals surface area contributed by atoms with E-state index in [0.29, 0.717) is 11.6 Å². The van der Waals surface area contributed by atoms with Crippen molar-refractivity contribution in [2.75, 3.05) is 18.0 Å². The second-order valence-corrected chi connectivity index (χ2v) is 6.82. The monoisotopic (exact) mass is 352 g/mol. The molecule has 0 aliphatic carbocycles. The molecule has 4 rings (SSSR count). The molecule has 1 atom stereocenters. The number of H-pyrrole nitrogens is 1. The summed E-state index contributed by atoms with van der Waals surface area (Å²) in [6.45, 7) is 1.47. The van der Waals surface area contributed by atoms with E-state index in [1.165, 1.54) is 0 Å². The van der Waals surface area contributed by atoms with Gasteiger partial charge in [-0.2, -0.15) is 13.2 Å². The van der Waals surface area contributed by atoms with E-state index in [1.54, 1.807) is 0 Å². The highest BCUT2D eigenvalue weighted by Gasteiger charge is 2.35. The first-order chi connectivity index (χ1) is 11.5. The zero-order valence-corrected chi connectivity index (χ0v) is 13.5. The maximum atomic E-state index is 12.7. The van der Waals surface area contributed by atoms with E-state index in [-0.39, 0.29) is 5.92 Å². The Morgan fingerprint density at radius 2 is 2.04 bits per heavy atom. The summed E-state index contributed by atoms with van der Waals surface area (Å²) in [6.07, 6.45) is -2.62. The third-order valence-electron chi connectivity index (χ3n) is 4.26. The number of hydrogen-bond acceptors (Lipinski definition) is 4. The fourth-order valence-electron chi connectivity index (χ4n) is 3.07. The number of imidazole rings is 1. The number of alkyl halides is 3. The summed E-state index contributed by atoms with van der Waals surface area (Å²) in [4.78, 5) is 13.8. The molecule has 1 unspecified atom stereocenters. The van der Waals surface area contributed by atoms with Crippen LogP contribution in [-0.2, 0) is 6.18 Å². The Morgan fingerprint density at radius 3 is 2.79 bits per heavy atom. The van der Waals surface area contributed by atoms with Crippen molar-refractivity contribution < 1.29 is 13.2 Å². The molecule has 1 aliphatic rings. The molecule has 24 heavy (non-hydrogen) atoms. The number of nitrogens with one attached hydrogen (secondary N) is 1. The van der Waals surface area contributed by atoms with E-state index in [0.717, 1.165) is 53.1 Å². The molecular weight excluding hydrogens is 337 g/mol. The predicted octanol–water partition coefficient (Wildman–Crippen LogP) is 4.42. The minimum Gasteiger partial charge on any atom is -0.342 e. The first kappa shape index (κ1) is 15.4. The van der Waals surface area contributed by atoms with Crippen LogP contribution in [-0.4, -0.2) is 28.0 Å². The van der Waals surface area contributed by atoms with Crippen LogP contribution in [0.5, 0.6) is 0 Å². The molecule has 0 amide bonds. The zero-order valence-electron chi connectivity index (χ0n) is 12.7. The van der Waals surface area contributed by atoms with Crippen LogP contribution in [0.3, 0.4) is 0 Å². The lowest BCUT2D eigenvalue weighted by molar-refractivity contribution is -0.140. The summed E-state index contributed by atoms with van der Waals surface area (Å²) in [6, 6.07) is 7.77. The fraction of sp³-hybridized carbons (Fsp3) is 0.375. The average molecular weight is 352 g/mol. The quantitative estimate of drug-likeness (QED) is 0.742. The number of rotatable bonds is 2. The number of aromatic amines is 1. The van der Waals surface area contributed by atoms with Gasteiger partial charge in [0.2, 0.25) is 5.95 Å². The van der Waals surface area contributed by atoms with E-state index in [1.807, 2.05) is 24.3 Å². The van der Waals surface area contributed by atoms with Gasteiger partial charge in [0.1, 0.15) is 0 Å². The lowest BCUT2D eigenvalue weighted by atomic mass is 9.99. The van der Waals surface area contributed by atoms with E-state index < -0.39 is 11.9 Å². The van der Waals surface area contributed by atoms with Crippen molar-refractivity contribution in [2.45, 2.75) is 24.9 Å². The van der Waals surface area contributed by atoms with E-state index in [9.17, 15) is 13.2 Å². The van der Waals surface area contributed by atoms with Gasteiger partial charge in [0, 0.05) is 24.4 Å². The summed E-state index contributed by atoms with van der Waals surface area (Å²) in [5.74, 6) is 0.779. The largest absolute Gasteiger partial charge is 0.434 e. The zero-order chi connectivity index (χ0) is 16.7. The van der Waals surface area contributed by atoms with Crippen molar-refractivity contribution in [3.05, 3.63) is 40.3 Å². The maximum Gasteiger partial charge on any atom is 0.434 e. The third kappa shape index (κ3) is 2.86. The number of piperidine rings is 1. The van der Waals surface area contributed by atoms with Gasteiger partial charge in [0.25, 0.3) is 0 Å². The molecule has 3 heterocycles. The van der Waals surface area contributed by atoms with Crippen LogP contribution in [0.2, 0.25) is 0 Å². The molecule has 4 nitrogen and oxygen atoms in total. The van der Waals surface area contributed by atoms with Crippen LogP contribution in [0, 0.1) is 0 Å². The first-order valence-corrected chi connectivity index (χ1v) is 8.61. The second-order valence-electron chi connectivity index (χ2n) is 5.93. The standard InChI is InChI=1S/C16H15F3N4S/c17-16(18,19)13-9-24-14(22-13)10-4-3-7-23(8-10)15-20-11-5-1-2-6-12(11)21-15/h1-2,5-6,9-10H,3-4,7-8H2,(H,20,21). The smallest absolute Gasteiger partial charge is 0.342 e. The Hall–Kier alpha value is -2.09. The van der Waals surface area contributed by atoms with Crippen LogP contribution < -0.4 is 4.90 Å². The number of hydrogen-bond donors (Lipinski definition) is 1. The van der Waals surface area contributed by atoms with Crippen molar-refractivity contribution in [1.29, 1.82) is 0 Å². The Labute approximate surface area is 140 Å². The van der Waals surface area contributed by atoms with Crippen LogP contribution >= 0.6 is 11.3 Å². The maximum absolute atomic E-state index is 12.7. The van der Waals surface area contributed by atoms with E-state index in [4.69, 9.17) is 0 Å². The average Bonchev–Trinajstić information content (AvgIpc) is 3.21. The first-order valence-electron chi connectivity index (χ1n) is 7.73. The number of thiazole rings is 1. The van der Waals surface area contributed by atoms with E-state index in [2.05, 4.69) is 19.9 Å². The van der Waals surface area contributed by atoms with Crippen LogP contribution in [0.25, 0.3) is 11.0 Å². The van der Waals surface area contributed by atoms with Gasteiger partial charge in [-0.05, 0) is 25.0 Å². The molecule has 3 aromatic rings. The summed E-state index contributed by atoms with van der Waals surface area (Å²) < 4.78 is 38.2. The Kier molecular flexibility index (Phi) is 3.71. The molecule has 0 spiro atoms. The van der Waals surface area contributed by atoms with Crippen molar-refractivity contribution in [3.63, 3.8) is 0 Å². The fourth-order valence-corrected chi connectivity index (χ4v) is 4.02. The van der Waals surface area contributed by atoms with Gasteiger partial charge in [0.05, 0.1) is 16.0 Å². The minimum atomic E-state index is -4.37. The van der Waals surface area contributed by atoms with Gasteiger partial charge in [-0.25, -0.2) is 9.97 Å². The summed E-state index contributed by atoms with van der Waals surface area (Å²) in [7, 11) is 0. The number of para-hydroxylation sites is 2. The SMILES string of the molecule is FC(F)(F)c1csc(C2CCCN(c3nc4ccccc4[nH]3)C2)n1. The summed E-state index contributed by atoms with van der Waals surface area (Å²) >= 11 is 1.10. The van der Waals surface area contributed by atoms with Crippen molar-refractivity contribution >= 4 is 28.3 Å². The van der Waals surface area contributed by atoms with Crippen LogP contribution in [0.1, 0.15) is 29.5 Å². The molecule has 1 aliphatic heterocycles. The van der Waals surface area contributed by atoms with Gasteiger partial charge >= 0.3 is 6.18 Å². The number of nitrogens with zero attached hydrogens (tertiary/aromatic N) is 3. The number of anilines is 1. The van der Waals surface area contributed by atoms with Gasteiger partial charge in [0.15, 0.2) is 5.69 Å². The van der Waals surface area contributed by atoms with Gasteiger partial charge < -0.3 is 9.88 Å². The molecule has 1 aromatic carbocycles. The predicted molar refractivity (Wildman–Crippen MR) is 87.4 cm³/mol. The normalized spacial score (nSPS) is 19.1. The van der Waals surface area contributed by atoms with Gasteiger partial charge in [-0.3, -0.25) is 0 Å². The third-order valence-corrected chi connectivity index (χ3v) is 5.27. The molecule has 126 valence electrons. The Balaban J connectivity index is 1.56. The van der Waals surface area contributed by atoms with Crippen LogP contribution in [0.15, 0.2) is 29.6 Å². The van der Waals surface area contributed by atoms with Crippen molar-refractivity contribution in [2.24, 2.45) is 0 Å². The number of halogens is 3. The topological polar surface area (TPSA) is 44.8 Å². The molecule has 1 saturated heterocycles. The highest BCUT2D eigenvalue weighted by Crippen LogP contribution is 2.35. The van der Waals surface area contributed by atoms with E-state index >= 15 is 0 Å². The summed E-state index contributed by atoms with van der Waals surface area (Å²) in [5.41, 5.74) is 1.06. The molecule has 2 aromatic heterocycles. The highest BCUT2D eigenvalue weighted by atomic mass is 32.1. The van der Waals surface area contributed by atoms with Crippen molar-refractivity contribution in [1.82, 2.24) is 15.0 Å². The number of fused-ring (bicyclic) bond motifs is 1. The molecule has 1 fully saturated rings.